The Labute approximate surface area is 120 Å². The van der Waals surface area contributed by atoms with Gasteiger partial charge in [-0.2, -0.15) is 0 Å². The zero-order valence-corrected chi connectivity index (χ0v) is 12.4. The standard InChI is InChI=1S/C16H23NO3/c1-16(2,3)20-15(18)17-14-9-13(14)11-19-10-12-7-5-4-6-8-12/h4-8,13-14H,9-11H2,1-3H3,(H,17,18)/t13-,14+/m0/s1. The monoisotopic (exact) mass is 277 g/mol. The predicted octanol–water partition coefficient (Wildman–Crippen LogP) is 3.12. The summed E-state index contributed by atoms with van der Waals surface area (Å²) in [4.78, 5) is 11.6. The molecule has 1 aliphatic carbocycles. The molecule has 0 spiro atoms. The summed E-state index contributed by atoms with van der Waals surface area (Å²) in [6, 6.07) is 10.3. The van der Waals surface area contributed by atoms with Crippen molar-refractivity contribution in [1.82, 2.24) is 5.32 Å². The zero-order valence-electron chi connectivity index (χ0n) is 12.4. The zero-order chi connectivity index (χ0) is 14.6. The van der Waals surface area contributed by atoms with E-state index in [9.17, 15) is 4.79 Å². The first-order chi connectivity index (χ1) is 9.44. The van der Waals surface area contributed by atoms with Gasteiger partial charge in [0.2, 0.25) is 0 Å². The fourth-order valence-corrected chi connectivity index (χ4v) is 1.97. The third-order valence-electron chi connectivity index (χ3n) is 3.07. The van der Waals surface area contributed by atoms with Crippen LogP contribution in [0.4, 0.5) is 4.79 Å². The summed E-state index contributed by atoms with van der Waals surface area (Å²) in [5.41, 5.74) is 0.725. The second-order valence-electron chi connectivity index (χ2n) is 6.25. The first-order valence-corrected chi connectivity index (χ1v) is 7.05. The molecule has 0 radical (unpaired) electrons. The molecule has 0 aliphatic heterocycles. The first kappa shape index (κ1) is 14.9. The highest BCUT2D eigenvalue weighted by Gasteiger charge is 2.39. The molecule has 0 unspecified atom stereocenters. The van der Waals surface area contributed by atoms with Crippen LogP contribution in [0.15, 0.2) is 30.3 Å². The number of hydrogen-bond donors (Lipinski definition) is 1. The molecule has 110 valence electrons. The minimum absolute atomic E-state index is 0.195. The van der Waals surface area contributed by atoms with Crippen LogP contribution in [0.3, 0.4) is 0 Å². The summed E-state index contributed by atoms with van der Waals surface area (Å²) in [6.07, 6.45) is 0.627. The van der Waals surface area contributed by atoms with Gasteiger partial charge in [0.25, 0.3) is 0 Å². The quantitative estimate of drug-likeness (QED) is 0.899. The molecule has 1 fully saturated rings. The van der Waals surface area contributed by atoms with Crippen LogP contribution in [-0.4, -0.2) is 24.3 Å². The largest absolute Gasteiger partial charge is 0.444 e. The number of rotatable bonds is 5. The Hall–Kier alpha value is -1.55. The van der Waals surface area contributed by atoms with Gasteiger partial charge in [0, 0.05) is 12.0 Å². The Bertz CT molecular complexity index is 439. The van der Waals surface area contributed by atoms with Gasteiger partial charge in [-0.15, -0.1) is 0 Å². The number of benzene rings is 1. The molecule has 1 N–H and O–H groups in total. The summed E-state index contributed by atoms with van der Waals surface area (Å²) in [6.45, 7) is 6.88. The fourth-order valence-electron chi connectivity index (χ4n) is 1.97. The highest BCUT2D eigenvalue weighted by molar-refractivity contribution is 5.68. The molecule has 4 nitrogen and oxygen atoms in total. The van der Waals surface area contributed by atoms with E-state index >= 15 is 0 Å². The molecule has 1 aromatic carbocycles. The van der Waals surface area contributed by atoms with Gasteiger partial charge in [-0.25, -0.2) is 4.79 Å². The topological polar surface area (TPSA) is 47.6 Å². The smallest absolute Gasteiger partial charge is 0.407 e. The molecule has 1 aliphatic rings. The van der Waals surface area contributed by atoms with E-state index in [1.165, 1.54) is 5.56 Å². The second-order valence-corrected chi connectivity index (χ2v) is 6.25. The summed E-state index contributed by atoms with van der Waals surface area (Å²) >= 11 is 0. The van der Waals surface area contributed by atoms with E-state index in [-0.39, 0.29) is 12.1 Å². The van der Waals surface area contributed by atoms with Crippen molar-refractivity contribution < 1.29 is 14.3 Å². The van der Waals surface area contributed by atoms with Crippen molar-refractivity contribution >= 4 is 6.09 Å². The summed E-state index contributed by atoms with van der Waals surface area (Å²) < 4.78 is 10.9. The minimum Gasteiger partial charge on any atom is -0.444 e. The maximum Gasteiger partial charge on any atom is 0.407 e. The SMILES string of the molecule is CC(C)(C)OC(=O)N[C@@H]1C[C@H]1COCc1ccccc1. The Kier molecular flexibility index (Phi) is 4.65. The third-order valence-corrected chi connectivity index (χ3v) is 3.07. The Morgan fingerprint density at radius 1 is 1.30 bits per heavy atom. The molecule has 1 amide bonds. The van der Waals surface area contributed by atoms with Crippen molar-refractivity contribution in [3.8, 4) is 0 Å². The van der Waals surface area contributed by atoms with Gasteiger partial charge >= 0.3 is 6.09 Å². The maximum atomic E-state index is 11.6. The van der Waals surface area contributed by atoms with Crippen molar-refractivity contribution in [2.24, 2.45) is 5.92 Å². The lowest BCUT2D eigenvalue weighted by molar-refractivity contribution is 0.0513. The Morgan fingerprint density at radius 3 is 2.65 bits per heavy atom. The first-order valence-electron chi connectivity index (χ1n) is 7.05. The number of nitrogens with one attached hydrogen (secondary N) is 1. The lowest BCUT2D eigenvalue weighted by atomic mass is 10.2. The van der Waals surface area contributed by atoms with Crippen LogP contribution < -0.4 is 5.32 Å². The van der Waals surface area contributed by atoms with E-state index in [1.807, 2.05) is 51.1 Å². The number of carbonyl (C=O) groups is 1. The van der Waals surface area contributed by atoms with Gasteiger partial charge in [-0.1, -0.05) is 30.3 Å². The van der Waals surface area contributed by atoms with Crippen LogP contribution in [0.2, 0.25) is 0 Å². The van der Waals surface area contributed by atoms with E-state index < -0.39 is 5.60 Å². The summed E-state index contributed by atoms with van der Waals surface area (Å²) in [7, 11) is 0. The molecule has 0 saturated heterocycles. The number of carbonyl (C=O) groups excluding carboxylic acids is 1. The van der Waals surface area contributed by atoms with Crippen LogP contribution in [0.5, 0.6) is 0 Å². The molecule has 0 aromatic heterocycles. The summed E-state index contributed by atoms with van der Waals surface area (Å²) in [5, 5.41) is 2.87. The average Bonchev–Trinajstić information content (AvgIpc) is 3.06. The van der Waals surface area contributed by atoms with E-state index in [4.69, 9.17) is 9.47 Å². The molecular formula is C16H23NO3. The van der Waals surface area contributed by atoms with E-state index in [2.05, 4.69) is 5.32 Å². The molecule has 0 bridgehead atoms. The van der Waals surface area contributed by atoms with Crippen LogP contribution in [0, 0.1) is 5.92 Å². The van der Waals surface area contributed by atoms with Crippen molar-refractivity contribution in [2.75, 3.05) is 6.61 Å². The average molecular weight is 277 g/mol. The number of ether oxygens (including phenoxy) is 2. The molecular weight excluding hydrogens is 254 g/mol. The lowest BCUT2D eigenvalue weighted by Crippen LogP contribution is -2.34. The number of hydrogen-bond acceptors (Lipinski definition) is 3. The molecule has 2 rings (SSSR count). The van der Waals surface area contributed by atoms with Crippen molar-refractivity contribution in [2.45, 2.75) is 45.4 Å². The van der Waals surface area contributed by atoms with Crippen LogP contribution >= 0.6 is 0 Å². The molecule has 0 heterocycles. The molecule has 2 atom stereocenters. The second kappa shape index (κ2) is 6.27. The van der Waals surface area contributed by atoms with E-state index in [0.717, 1.165) is 6.42 Å². The number of alkyl carbamates (subject to hydrolysis) is 1. The molecule has 20 heavy (non-hydrogen) atoms. The Balaban J connectivity index is 1.60. The maximum absolute atomic E-state index is 11.6. The van der Waals surface area contributed by atoms with Gasteiger partial charge in [0.1, 0.15) is 5.60 Å². The van der Waals surface area contributed by atoms with Gasteiger partial charge < -0.3 is 14.8 Å². The van der Waals surface area contributed by atoms with Crippen molar-refractivity contribution in [3.63, 3.8) is 0 Å². The van der Waals surface area contributed by atoms with E-state index in [0.29, 0.717) is 19.1 Å². The third kappa shape index (κ3) is 5.21. The van der Waals surface area contributed by atoms with Crippen LogP contribution in [-0.2, 0) is 16.1 Å². The molecule has 4 heteroatoms. The van der Waals surface area contributed by atoms with Gasteiger partial charge in [0.15, 0.2) is 0 Å². The van der Waals surface area contributed by atoms with Crippen molar-refractivity contribution in [3.05, 3.63) is 35.9 Å². The van der Waals surface area contributed by atoms with Crippen molar-refractivity contribution in [1.29, 1.82) is 0 Å². The predicted molar refractivity (Wildman–Crippen MR) is 77.4 cm³/mol. The Morgan fingerprint density at radius 2 is 2.00 bits per heavy atom. The minimum atomic E-state index is -0.446. The fraction of sp³-hybridized carbons (Fsp3) is 0.562. The van der Waals surface area contributed by atoms with Gasteiger partial charge in [-0.05, 0) is 32.8 Å². The highest BCUT2D eigenvalue weighted by Crippen LogP contribution is 2.31. The molecule has 1 aromatic rings. The highest BCUT2D eigenvalue weighted by atomic mass is 16.6. The van der Waals surface area contributed by atoms with Crippen LogP contribution in [0.25, 0.3) is 0 Å². The normalized spacial score (nSPS) is 21.4. The summed E-state index contributed by atoms with van der Waals surface area (Å²) in [5.74, 6) is 0.409. The van der Waals surface area contributed by atoms with Gasteiger partial charge in [-0.3, -0.25) is 0 Å². The lowest BCUT2D eigenvalue weighted by Gasteiger charge is -2.19. The van der Waals surface area contributed by atoms with Gasteiger partial charge in [0.05, 0.1) is 13.2 Å². The van der Waals surface area contributed by atoms with Crippen LogP contribution in [0.1, 0.15) is 32.8 Å². The van der Waals surface area contributed by atoms with E-state index in [1.54, 1.807) is 0 Å². The number of amides is 1. The molecule has 1 saturated carbocycles.